The predicted octanol–water partition coefficient (Wildman–Crippen LogP) is 3.81. The minimum atomic E-state index is -4.60. The van der Waals surface area contributed by atoms with Crippen LogP contribution in [0.25, 0.3) is 0 Å². The summed E-state index contributed by atoms with van der Waals surface area (Å²) in [6.07, 6.45) is -4.60. The van der Waals surface area contributed by atoms with Crippen LogP contribution >= 0.6 is 11.8 Å². The van der Waals surface area contributed by atoms with Crippen LogP contribution in [0.4, 0.5) is 17.6 Å². The maximum atomic E-state index is 13.7. The zero-order valence-electron chi connectivity index (χ0n) is 11.6. The Hall–Kier alpha value is -1.24. The van der Waals surface area contributed by atoms with Crippen LogP contribution in [-0.4, -0.2) is 34.4 Å². The van der Waals surface area contributed by atoms with Crippen molar-refractivity contribution < 1.29 is 22.4 Å². The molecule has 0 bridgehead atoms. The van der Waals surface area contributed by atoms with Crippen molar-refractivity contribution in [2.75, 3.05) is 18.8 Å². The summed E-state index contributed by atoms with van der Waals surface area (Å²) in [5.41, 5.74) is -1.54. The van der Waals surface area contributed by atoms with Gasteiger partial charge in [0.05, 0.1) is 11.1 Å². The molecule has 21 heavy (non-hydrogen) atoms. The number of halogens is 4. The molecule has 0 unspecified atom stereocenters. The Morgan fingerprint density at radius 2 is 2.00 bits per heavy atom. The first kappa shape index (κ1) is 16.1. The molecule has 0 N–H and O–H groups in total. The van der Waals surface area contributed by atoms with Gasteiger partial charge >= 0.3 is 6.18 Å². The van der Waals surface area contributed by atoms with E-state index in [1.54, 1.807) is 11.8 Å². The summed E-state index contributed by atoms with van der Waals surface area (Å²) in [5, 5.41) is 0. The molecular formula is C14H15F4NOS. The second kappa shape index (κ2) is 5.51. The number of hydrogen-bond acceptors (Lipinski definition) is 2. The van der Waals surface area contributed by atoms with Gasteiger partial charge in [0.25, 0.3) is 5.91 Å². The molecule has 0 atom stereocenters. The molecule has 0 saturated carbocycles. The van der Waals surface area contributed by atoms with Crippen molar-refractivity contribution in [3.8, 4) is 0 Å². The fraction of sp³-hybridized carbons (Fsp3) is 0.500. The SMILES string of the molecule is CC1(C)CN(C(=O)c2cc(C(F)(F)F)ccc2F)CCS1. The fourth-order valence-corrected chi connectivity index (χ4v) is 3.34. The van der Waals surface area contributed by atoms with E-state index in [1.807, 2.05) is 13.8 Å². The number of hydrogen-bond donors (Lipinski definition) is 0. The van der Waals surface area contributed by atoms with Gasteiger partial charge in [0.1, 0.15) is 5.82 Å². The maximum absolute atomic E-state index is 13.7. The van der Waals surface area contributed by atoms with Gasteiger partial charge in [0.15, 0.2) is 0 Å². The predicted molar refractivity (Wildman–Crippen MR) is 73.8 cm³/mol. The highest BCUT2D eigenvalue weighted by atomic mass is 32.2. The zero-order valence-corrected chi connectivity index (χ0v) is 12.4. The van der Waals surface area contributed by atoms with Crippen LogP contribution in [0.2, 0.25) is 0 Å². The second-order valence-electron chi connectivity index (χ2n) is 5.53. The van der Waals surface area contributed by atoms with Gasteiger partial charge in [0, 0.05) is 23.6 Å². The van der Waals surface area contributed by atoms with Gasteiger partial charge in [-0.05, 0) is 32.0 Å². The number of carbonyl (C=O) groups excluding carboxylic acids is 1. The molecule has 1 aromatic rings. The minimum Gasteiger partial charge on any atom is -0.336 e. The normalized spacial score (nSPS) is 18.7. The molecular weight excluding hydrogens is 306 g/mol. The van der Waals surface area contributed by atoms with Crippen LogP contribution in [0.1, 0.15) is 29.8 Å². The lowest BCUT2D eigenvalue weighted by molar-refractivity contribution is -0.137. The van der Waals surface area contributed by atoms with E-state index in [4.69, 9.17) is 0 Å². The van der Waals surface area contributed by atoms with E-state index in [2.05, 4.69) is 0 Å². The molecule has 1 fully saturated rings. The molecule has 1 aromatic carbocycles. The van der Waals surface area contributed by atoms with Crippen molar-refractivity contribution in [1.29, 1.82) is 0 Å². The molecule has 2 rings (SSSR count). The topological polar surface area (TPSA) is 20.3 Å². The summed E-state index contributed by atoms with van der Waals surface area (Å²) in [6, 6.07) is 1.93. The van der Waals surface area contributed by atoms with Crippen LogP contribution < -0.4 is 0 Å². The smallest absolute Gasteiger partial charge is 0.336 e. The summed E-state index contributed by atoms with van der Waals surface area (Å²) in [4.78, 5) is 13.7. The van der Waals surface area contributed by atoms with Crippen LogP contribution in [0.3, 0.4) is 0 Å². The zero-order chi connectivity index (χ0) is 15.8. The second-order valence-corrected chi connectivity index (χ2v) is 7.33. The highest BCUT2D eigenvalue weighted by molar-refractivity contribution is 8.00. The molecule has 1 amide bonds. The first-order valence-electron chi connectivity index (χ1n) is 6.40. The lowest BCUT2D eigenvalue weighted by Gasteiger charge is -2.37. The Labute approximate surface area is 124 Å². The first-order valence-corrected chi connectivity index (χ1v) is 7.39. The highest BCUT2D eigenvalue weighted by Gasteiger charge is 2.34. The average molecular weight is 321 g/mol. The molecule has 0 aliphatic carbocycles. The van der Waals surface area contributed by atoms with Crippen molar-refractivity contribution >= 4 is 17.7 Å². The van der Waals surface area contributed by atoms with E-state index < -0.39 is 29.0 Å². The third-order valence-electron chi connectivity index (χ3n) is 3.24. The Bertz CT molecular complexity index is 556. The van der Waals surface area contributed by atoms with Crippen LogP contribution in [0.5, 0.6) is 0 Å². The van der Waals surface area contributed by atoms with E-state index in [1.165, 1.54) is 4.90 Å². The van der Waals surface area contributed by atoms with Gasteiger partial charge in [-0.15, -0.1) is 0 Å². The van der Waals surface area contributed by atoms with Gasteiger partial charge in [-0.2, -0.15) is 24.9 Å². The molecule has 1 aliphatic rings. The van der Waals surface area contributed by atoms with Gasteiger partial charge in [-0.25, -0.2) is 4.39 Å². The van der Waals surface area contributed by atoms with E-state index in [-0.39, 0.29) is 4.75 Å². The van der Waals surface area contributed by atoms with Crippen molar-refractivity contribution in [3.63, 3.8) is 0 Å². The molecule has 7 heteroatoms. The van der Waals surface area contributed by atoms with Crippen molar-refractivity contribution in [3.05, 3.63) is 35.1 Å². The van der Waals surface area contributed by atoms with E-state index in [0.717, 1.165) is 0 Å². The molecule has 0 aromatic heterocycles. The number of thioether (sulfide) groups is 1. The molecule has 1 heterocycles. The van der Waals surface area contributed by atoms with E-state index in [9.17, 15) is 22.4 Å². The highest BCUT2D eigenvalue weighted by Crippen LogP contribution is 2.33. The summed E-state index contributed by atoms with van der Waals surface area (Å²) >= 11 is 1.68. The van der Waals surface area contributed by atoms with Gasteiger partial charge in [-0.1, -0.05) is 0 Å². The van der Waals surface area contributed by atoms with Crippen LogP contribution in [0, 0.1) is 5.82 Å². The lowest BCUT2D eigenvalue weighted by atomic mass is 10.1. The van der Waals surface area contributed by atoms with Gasteiger partial charge in [0.2, 0.25) is 0 Å². The van der Waals surface area contributed by atoms with Crippen LogP contribution in [-0.2, 0) is 6.18 Å². The molecule has 2 nitrogen and oxygen atoms in total. The van der Waals surface area contributed by atoms with Gasteiger partial charge in [-0.3, -0.25) is 4.79 Å². The fourth-order valence-electron chi connectivity index (χ4n) is 2.23. The lowest BCUT2D eigenvalue weighted by Crippen LogP contribution is -2.46. The molecule has 116 valence electrons. The quantitative estimate of drug-likeness (QED) is 0.733. The number of amides is 1. The standard InChI is InChI=1S/C14H15F4NOS/c1-13(2)8-19(5-6-21-13)12(20)10-7-9(14(16,17)18)3-4-11(10)15/h3-4,7H,5-6,8H2,1-2H3. The van der Waals surface area contributed by atoms with Gasteiger partial charge < -0.3 is 4.90 Å². The van der Waals surface area contributed by atoms with E-state index >= 15 is 0 Å². The van der Waals surface area contributed by atoms with Crippen LogP contribution in [0.15, 0.2) is 18.2 Å². The Morgan fingerprint density at radius 3 is 2.57 bits per heavy atom. The largest absolute Gasteiger partial charge is 0.416 e. The van der Waals surface area contributed by atoms with Crippen molar-refractivity contribution in [2.45, 2.75) is 24.8 Å². The molecule has 0 spiro atoms. The number of benzene rings is 1. The van der Waals surface area contributed by atoms with Crippen molar-refractivity contribution in [2.24, 2.45) is 0 Å². The minimum absolute atomic E-state index is 0.188. The average Bonchev–Trinajstić information content (AvgIpc) is 2.36. The first-order chi connectivity index (χ1) is 9.60. The number of rotatable bonds is 1. The molecule has 1 saturated heterocycles. The summed E-state index contributed by atoms with van der Waals surface area (Å²) < 4.78 is 51.6. The molecule has 0 radical (unpaired) electrons. The number of carbonyl (C=O) groups is 1. The monoisotopic (exact) mass is 321 g/mol. The Kier molecular flexibility index (Phi) is 4.24. The Balaban J connectivity index is 2.30. The maximum Gasteiger partial charge on any atom is 0.416 e. The third-order valence-corrected chi connectivity index (χ3v) is 4.53. The number of alkyl halides is 3. The molecule has 1 aliphatic heterocycles. The Morgan fingerprint density at radius 1 is 1.33 bits per heavy atom. The summed E-state index contributed by atoms with van der Waals surface area (Å²) in [5.74, 6) is -0.935. The van der Waals surface area contributed by atoms with E-state index in [0.29, 0.717) is 37.0 Å². The summed E-state index contributed by atoms with van der Waals surface area (Å²) in [6.45, 7) is 4.67. The number of nitrogens with zero attached hydrogens (tertiary/aromatic N) is 1. The third kappa shape index (κ3) is 3.70. The van der Waals surface area contributed by atoms with Crippen molar-refractivity contribution in [1.82, 2.24) is 4.90 Å². The summed E-state index contributed by atoms with van der Waals surface area (Å²) in [7, 11) is 0.